The zero-order valence-electron chi connectivity index (χ0n) is 10.1. The van der Waals surface area contributed by atoms with Gasteiger partial charge in [0.2, 0.25) is 5.82 Å². The van der Waals surface area contributed by atoms with Crippen LogP contribution in [0.25, 0.3) is 0 Å². The van der Waals surface area contributed by atoms with E-state index in [2.05, 4.69) is 10.3 Å². The number of nitrogens with zero attached hydrogens (tertiary/aromatic N) is 2. The molecule has 3 N–H and O–H groups in total. The summed E-state index contributed by atoms with van der Waals surface area (Å²) < 4.78 is 5.30. The second-order valence-electron chi connectivity index (χ2n) is 4.42. The monoisotopic (exact) mass is 252 g/mol. The van der Waals surface area contributed by atoms with E-state index in [4.69, 9.17) is 10.5 Å². The van der Waals surface area contributed by atoms with Gasteiger partial charge in [0, 0.05) is 24.6 Å². The van der Waals surface area contributed by atoms with E-state index in [1.807, 2.05) is 6.92 Å². The minimum Gasteiger partial charge on any atom is -0.384 e. The molecule has 1 aliphatic rings. The number of nitrogens with two attached hydrogens (primary N) is 1. The summed E-state index contributed by atoms with van der Waals surface area (Å²) in [5.41, 5.74) is 5.50. The summed E-state index contributed by atoms with van der Waals surface area (Å²) in [7, 11) is 0. The van der Waals surface area contributed by atoms with Crippen LogP contribution in [0.2, 0.25) is 0 Å². The fourth-order valence-electron chi connectivity index (χ4n) is 2.00. The molecule has 7 heteroatoms. The predicted octanol–water partition coefficient (Wildman–Crippen LogP) is 1.41. The molecule has 1 saturated heterocycles. The number of anilines is 2. The molecule has 2 unspecified atom stereocenters. The number of ether oxygens (including phenoxy) is 1. The molecule has 1 aromatic heterocycles. The lowest BCUT2D eigenvalue weighted by atomic mass is 10.0. The smallest absolute Gasteiger partial charge is 0.311 e. The lowest BCUT2D eigenvalue weighted by molar-refractivity contribution is -0.384. The zero-order valence-corrected chi connectivity index (χ0v) is 10.1. The van der Waals surface area contributed by atoms with Crippen molar-refractivity contribution in [2.24, 2.45) is 5.92 Å². The van der Waals surface area contributed by atoms with Crippen LogP contribution in [0, 0.1) is 16.0 Å². The number of nitrogen functional groups attached to an aromatic ring is 1. The van der Waals surface area contributed by atoms with Gasteiger partial charge >= 0.3 is 5.69 Å². The first-order chi connectivity index (χ1) is 8.58. The highest BCUT2D eigenvalue weighted by Crippen LogP contribution is 2.26. The standard InChI is InChI=1S/C11H16N4O3/c1-7(8-4-5-18-6-8)13-11-9(15(16)17)2-3-10(12)14-11/h2-3,7-8H,4-6H2,1H3,(H3,12,13,14). The van der Waals surface area contributed by atoms with Gasteiger partial charge < -0.3 is 15.8 Å². The molecule has 0 aromatic carbocycles. The average Bonchev–Trinajstić information content (AvgIpc) is 2.81. The van der Waals surface area contributed by atoms with Gasteiger partial charge in [-0.25, -0.2) is 4.98 Å². The fourth-order valence-corrected chi connectivity index (χ4v) is 2.00. The van der Waals surface area contributed by atoms with E-state index in [0.717, 1.165) is 13.0 Å². The minimum atomic E-state index is -0.466. The van der Waals surface area contributed by atoms with E-state index in [1.54, 1.807) is 0 Å². The maximum atomic E-state index is 10.9. The number of pyridine rings is 1. The molecule has 2 atom stereocenters. The van der Waals surface area contributed by atoms with Gasteiger partial charge in [0.15, 0.2) is 0 Å². The summed E-state index contributed by atoms with van der Waals surface area (Å²) in [6, 6.07) is 2.84. The lowest BCUT2D eigenvalue weighted by Gasteiger charge is -2.19. The van der Waals surface area contributed by atoms with Crippen LogP contribution in [0.1, 0.15) is 13.3 Å². The quantitative estimate of drug-likeness (QED) is 0.620. The minimum absolute atomic E-state index is 0.0560. The number of hydrogen-bond acceptors (Lipinski definition) is 6. The molecule has 1 fully saturated rings. The predicted molar refractivity (Wildman–Crippen MR) is 67.3 cm³/mol. The van der Waals surface area contributed by atoms with E-state index in [1.165, 1.54) is 12.1 Å². The van der Waals surface area contributed by atoms with Gasteiger partial charge in [-0.05, 0) is 19.4 Å². The van der Waals surface area contributed by atoms with Gasteiger partial charge in [0.1, 0.15) is 5.82 Å². The molecule has 0 aliphatic carbocycles. The lowest BCUT2D eigenvalue weighted by Crippen LogP contribution is -2.27. The topological polar surface area (TPSA) is 103 Å². The Morgan fingerprint density at radius 3 is 3.06 bits per heavy atom. The van der Waals surface area contributed by atoms with Crippen LogP contribution in [-0.4, -0.2) is 29.2 Å². The Morgan fingerprint density at radius 1 is 1.67 bits per heavy atom. The maximum absolute atomic E-state index is 10.9. The Bertz CT molecular complexity index is 446. The van der Waals surface area contributed by atoms with Crippen molar-refractivity contribution in [1.29, 1.82) is 0 Å². The van der Waals surface area contributed by atoms with E-state index < -0.39 is 4.92 Å². The van der Waals surface area contributed by atoms with Crippen LogP contribution in [-0.2, 0) is 4.74 Å². The van der Waals surface area contributed by atoms with Crippen LogP contribution in [0.4, 0.5) is 17.3 Å². The van der Waals surface area contributed by atoms with E-state index in [-0.39, 0.29) is 23.4 Å². The van der Waals surface area contributed by atoms with Crippen LogP contribution in [0.5, 0.6) is 0 Å². The largest absolute Gasteiger partial charge is 0.384 e. The van der Waals surface area contributed by atoms with Crippen LogP contribution >= 0.6 is 0 Å². The van der Waals surface area contributed by atoms with Gasteiger partial charge in [-0.15, -0.1) is 0 Å². The summed E-state index contributed by atoms with van der Waals surface area (Å²) in [5, 5.41) is 14.0. The van der Waals surface area contributed by atoms with Crippen LogP contribution in [0.15, 0.2) is 12.1 Å². The molecule has 0 spiro atoms. The molecular weight excluding hydrogens is 236 g/mol. The van der Waals surface area contributed by atoms with Crippen molar-refractivity contribution < 1.29 is 9.66 Å². The molecule has 0 saturated carbocycles. The van der Waals surface area contributed by atoms with Crippen molar-refractivity contribution in [2.45, 2.75) is 19.4 Å². The Balaban J connectivity index is 2.16. The highest BCUT2D eigenvalue weighted by Gasteiger charge is 2.25. The van der Waals surface area contributed by atoms with Crippen LogP contribution < -0.4 is 11.1 Å². The van der Waals surface area contributed by atoms with Crippen molar-refractivity contribution >= 4 is 17.3 Å². The van der Waals surface area contributed by atoms with Crippen molar-refractivity contribution in [2.75, 3.05) is 24.3 Å². The third-order valence-electron chi connectivity index (χ3n) is 3.13. The maximum Gasteiger partial charge on any atom is 0.311 e. The molecule has 18 heavy (non-hydrogen) atoms. The number of nitro groups is 1. The van der Waals surface area contributed by atoms with Crippen molar-refractivity contribution in [3.63, 3.8) is 0 Å². The number of nitrogens with one attached hydrogen (secondary N) is 1. The van der Waals surface area contributed by atoms with E-state index in [0.29, 0.717) is 12.5 Å². The van der Waals surface area contributed by atoms with Gasteiger partial charge in [0.25, 0.3) is 0 Å². The van der Waals surface area contributed by atoms with Crippen molar-refractivity contribution in [3.05, 3.63) is 22.2 Å². The number of hydrogen-bond donors (Lipinski definition) is 2. The molecule has 7 nitrogen and oxygen atoms in total. The van der Waals surface area contributed by atoms with Gasteiger partial charge in [-0.2, -0.15) is 0 Å². The van der Waals surface area contributed by atoms with Gasteiger partial charge in [0.05, 0.1) is 11.5 Å². The van der Waals surface area contributed by atoms with Gasteiger partial charge in [-0.1, -0.05) is 0 Å². The third-order valence-corrected chi connectivity index (χ3v) is 3.13. The third kappa shape index (κ3) is 2.67. The Hall–Kier alpha value is -1.89. The molecule has 0 radical (unpaired) electrons. The Kier molecular flexibility index (Phi) is 3.61. The Morgan fingerprint density at radius 2 is 2.44 bits per heavy atom. The first-order valence-corrected chi connectivity index (χ1v) is 5.83. The number of aromatic nitrogens is 1. The molecule has 0 bridgehead atoms. The first kappa shape index (κ1) is 12.6. The molecule has 1 aromatic rings. The SMILES string of the molecule is CC(Nc1nc(N)ccc1[N+](=O)[O-])C1CCOC1. The van der Waals surface area contributed by atoms with Crippen molar-refractivity contribution in [1.82, 2.24) is 4.98 Å². The normalized spacial score (nSPS) is 20.6. The molecule has 1 aliphatic heterocycles. The fraction of sp³-hybridized carbons (Fsp3) is 0.545. The molecule has 2 rings (SSSR count). The van der Waals surface area contributed by atoms with E-state index >= 15 is 0 Å². The van der Waals surface area contributed by atoms with E-state index in [9.17, 15) is 10.1 Å². The summed E-state index contributed by atoms with van der Waals surface area (Å²) in [6.07, 6.45) is 0.949. The van der Waals surface area contributed by atoms with Crippen LogP contribution in [0.3, 0.4) is 0 Å². The zero-order chi connectivity index (χ0) is 13.1. The second-order valence-corrected chi connectivity index (χ2v) is 4.42. The highest BCUT2D eigenvalue weighted by molar-refractivity contribution is 5.59. The molecule has 2 heterocycles. The average molecular weight is 252 g/mol. The second kappa shape index (κ2) is 5.18. The summed E-state index contributed by atoms with van der Waals surface area (Å²) in [6.45, 7) is 3.38. The summed E-state index contributed by atoms with van der Waals surface area (Å²) in [5.74, 6) is 0.824. The summed E-state index contributed by atoms with van der Waals surface area (Å²) in [4.78, 5) is 14.4. The first-order valence-electron chi connectivity index (χ1n) is 5.83. The Labute approximate surface area is 104 Å². The highest BCUT2D eigenvalue weighted by atomic mass is 16.6. The molecule has 0 amide bonds. The summed E-state index contributed by atoms with van der Waals surface area (Å²) >= 11 is 0. The molecular formula is C11H16N4O3. The number of rotatable bonds is 4. The molecule has 98 valence electrons. The van der Waals surface area contributed by atoms with Crippen molar-refractivity contribution in [3.8, 4) is 0 Å². The van der Waals surface area contributed by atoms with Gasteiger partial charge in [-0.3, -0.25) is 10.1 Å².